The molecule has 236 valence electrons. The van der Waals surface area contributed by atoms with Crippen molar-refractivity contribution in [3.05, 3.63) is 161 Å². The van der Waals surface area contributed by atoms with Crippen molar-refractivity contribution in [1.82, 2.24) is 5.32 Å². The van der Waals surface area contributed by atoms with E-state index in [9.17, 15) is 4.79 Å². The van der Waals surface area contributed by atoms with Crippen LogP contribution in [0.2, 0.25) is 0 Å². The third-order valence-electron chi connectivity index (χ3n) is 7.87. The molecule has 5 aromatic carbocycles. The van der Waals surface area contributed by atoms with E-state index in [2.05, 4.69) is 41.7 Å². The molecule has 0 bridgehead atoms. The summed E-state index contributed by atoms with van der Waals surface area (Å²) in [7, 11) is 3.19. The van der Waals surface area contributed by atoms with Crippen molar-refractivity contribution < 1.29 is 23.7 Å². The van der Waals surface area contributed by atoms with E-state index in [1.165, 1.54) is 0 Å². The molecule has 0 unspecified atom stereocenters. The summed E-state index contributed by atoms with van der Waals surface area (Å²) in [6.45, 7) is 0.0423. The van der Waals surface area contributed by atoms with Gasteiger partial charge in [0.2, 0.25) is 0 Å². The Balaban J connectivity index is 1.56. The molecule has 0 aliphatic rings. The lowest BCUT2D eigenvalue weighted by Crippen LogP contribution is -2.53. The predicted octanol–water partition coefficient (Wildman–Crippen LogP) is 7.64. The largest absolute Gasteiger partial charge is 0.497 e. The summed E-state index contributed by atoms with van der Waals surface area (Å²) < 4.78 is 22.8. The highest BCUT2D eigenvalue weighted by atomic mass is 32.2. The van der Waals surface area contributed by atoms with Crippen LogP contribution < -0.4 is 19.5 Å². The smallest absolute Gasteiger partial charge is 0.323 e. The van der Waals surface area contributed by atoms with Gasteiger partial charge in [-0.25, -0.2) is 0 Å². The number of hydrogen-bond acceptors (Lipinski definition) is 7. The molecule has 0 heterocycles. The summed E-state index contributed by atoms with van der Waals surface area (Å²) >= 11 is 1.61. The molecule has 0 aliphatic heterocycles. The molecule has 7 heteroatoms. The van der Waals surface area contributed by atoms with Gasteiger partial charge in [-0.15, -0.1) is 11.8 Å². The normalized spacial score (nSPS) is 11.8. The third-order valence-corrected chi connectivity index (χ3v) is 8.22. The van der Waals surface area contributed by atoms with E-state index in [0.29, 0.717) is 23.9 Å². The Morgan fingerprint density at radius 1 is 0.717 bits per heavy atom. The fourth-order valence-corrected chi connectivity index (χ4v) is 5.83. The van der Waals surface area contributed by atoms with Gasteiger partial charge in [0.15, 0.2) is 0 Å². The van der Waals surface area contributed by atoms with Crippen molar-refractivity contribution in [2.24, 2.45) is 0 Å². The van der Waals surface area contributed by atoms with E-state index in [0.717, 1.165) is 33.6 Å². The van der Waals surface area contributed by atoms with Gasteiger partial charge in [-0.1, -0.05) is 103 Å². The molecule has 0 radical (unpaired) electrons. The number of nitrogens with one attached hydrogen (secondary N) is 1. The average molecular weight is 634 g/mol. The number of benzene rings is 5. The van der Waals surface area contributed by atoms with Crippen molar-refractivity contribution in [3.8, 4) is 17.2 Å². The molecule has 0 aliphatic carbocycles. The predicted molar refractivity (Wildman–Crippen MR) is 185 cm³/mol. The van der Waals surface area contributed by atoms with Gasteiger partial charge in [0, 0.05) is 11.6 Å². The number of carbonyl (C=O) groups excluding carboxylic acids is 1. The van der Waals surface area contributed by atoms with E-state index in [-0.39, 0.29) is 12.6 Å². The maximum atomic E-state index is 14.2. The molecule has 0 aromatic heterocycles. The summed E-state index contributed by atoms with van der Waals surface area (Å²) in [4.78, 5) is 14.2. The first-order valence-corrected chi connectivity index (χ1v) is 16.5. The Kier molecular flexibility index (Phi) is 11.4. The van der Waals surface area contributed by atoms with Crippen molar-refractivity contribution in [1.29, 1.82) is 0 Å². The number of hydrogen-bond donors (Lipinski definition) is 1. The quantitative estimate of drug-likeness (QED) is 0.0722. The first kappa shape index (κ1) is 32.7. The number of methoxy groups -OCH3 is 2. The first-order chi connectivity index (χ1) is 22.6. The van der Waals surface area contributed by atoms with Crippen LogP contribution in [-0.2, 0) is 28.1 Å². The molecule has 0 saturated heterocycles. The lowest BCUT2D eigenvalue weighted by molar-refractivity contribution is -0.148. The summed E-state index contributed by atoms with van der Waals surface area (Å²) in [5.74, 6) is 2.22. The Morgan fingerprint density at radius 2 is 1.26 bits per heavy atom. The highest BCUT2D eigenvalue weighted by molar-refractivity contribution is 7.98. The monoisotopic (exact) mass is 633 g/mol. The van der Waals surface area contributed by atoms with E-state index in [4.69, 9.17) is 18.9 Å². The zero-order valence-corrected chi connectivity index (χ0v) is 27.2. The molecule has 1 atom stereocenters. The molecule has 5 rings (SSSR count). The lowest BCUT2D eigenvalue weighted by Gasteiger charge is -2.39. The highest BCUT2D eigenvalue weighted by Gasteiger charge is 2.40. The molecule has 0 fully saturated rings. The van der Waals surface area contributed by atoms with E-state index >= 15 is 0 Å². The fraction of sp³-hybridized carbons (Fsp3) is 0.205. The van der Waals surface area contributed by atoms with Crippen LogP contribution in [0.4, 0.5) is 0 Å². The number of thioether (sulfide) groups is 1. The maximum absolute atomic E-state index is 14.2. The molecule has 6 nitrogen and oxygen atoms in total. The third kappa shape index (κ3) is 7.73. The minimum absolute atomic E-state index is 0.0423. The number of carbonyl (C=O) groups is 1. The molecule has 0 amide bonds. The topological polar surface area (TPSA) is 66.0 Å². The maximum Gasteiger partial charge on any atom is 0.323 e. The van der Waals surface area contributed by atoms with Crippen LogP contribution in [0.5, 0.6) is 17.2 Å². The zero-order chi connectivity index (χ0) is 32.2. The molecule has 46 heavy (non-hydrogen) atoms. The summed E-state index contributed by atoms with van der Waals surface area (Å²) in [6, 6.07) is 43.3. The second-order valence-corrected chi connectivity index (χ2v) is 11.5. The SMILES string of the molecule is COc1ccc(COC(=O)[C@@H](Cc2ccc(OCSC)cc2)NC(c2ccccc2)(c2ccccc2)c2ccccc2)c(OC)c1. The molecule has 0 spiro atoms. The van der Waals surface area contributed by atoms with Gasteiger partial charge in [0.25, 0.3) is 0 Å². The van der Waals surface area contributed by atoms with Gasteiger partial charge in [-0.3, -0.25) is 10.1 Å². The molecular formula is C39H39NO5S. The second-order valence-electron chi connectivity index (χ2n) is 10.7. The highest BCUT2D eigenvalue weighted by Crippen LogP contribution is 2.38. The van der Waals surface area contributed by atoms with Crippen molar-refractivity contribution in [2.75, 3.05) is 26.4 Å². The van der Waals surface area contributed by atoms with Crippen LogP contribution in [0.15, 0.2) is 133 Å². The number of ether oxygens (including phenoxy) is 4. The van der Waals surface area contributed by atoms with Gasteiger partial charge in [0.05, 0.1) is 19.8 Å². The summed E-state index contributed by atoms with van der Waals surface area (Å²) in [5.41, 5.74) is 3.85. The fourth-order valence-electron chi connectivity index (χ4n) is 5.57. The van der Waals surface area contributed by atoms with Gasteiger partial charge in [-0.05, 0) is 59.2 Å². The Bertz CT molecular complexity index is 1570. The first-order valence-electron chi connectivity index (χ1n) is 15.1. The van der Waals surface area contributed by atoms with Crippen LogP contribution in [0.25, 0.3) is 0 Å². The van der Waals surface area contributed by atoms with E-state index in [1.54, 1.807) is 32.0 Å². The van der Waals surface area contributed by atoms with Crippen LogP contribution >= 0.6 is 11.8 Å². The Hall–Kier alpha value is -4.72. The van der Waals surface area contributed by atoms with E-state index < -0.39 is 11.6 Å². The molecular weight excluding hydrogens is 594 g/mol. The van der Waals surface area contributed by atoms with E-state index in [1.807, 2.05) is 97.3 Å². The van der Waals surface area contributed by atoms with Crippen molar-refractivity contribution >= 4 is 17.7 Å². The number of esters is 1. The van der Waals surface area contributed by atoms with Crippen LogP contribution in [0.3, 0.4) is 0 Å². The molecule has 5 aromatic rings. The van der Waals surface area contributed by atoms with Crippen LogP contribution in [0, 0.1) is 0 Å². The van der Waals surface area contributed by atoms with Crippen LogP contribution in [0.1, 0.15) is 27.8 Å². The number of rotatable bonds is 15. The van der Waals surface area contributed by atoms with Gasteiger partial charge >= 0.3 is 5.97 Å². The molecule has 0 saturated carbocycles. The van der Waals surface area contributed by atoms with Gasteiger partial charge in [-0.2, -0.15) is 0 Å². The van der Waals surface area contributed by atoms with Gasteiger partial charge in [0.1, 0.15) is 35.8 Å². The van der Waals surface area contributed by atoms with Crippen molar-refractivity contribution in [2.45, 2.75) is 24.6 Å². The minimum atomic E-state index is -0.868. The Morgan fingerprint density at radius 3 is 1.76 bits per heavy atom. The van der Waals surface area contributed by atoms with Gasteiger partial charge < -0.3 is 18.9 Å². The zero-order valence-electron chi connectivity index (χ0n) is 26.3. The van der Waals surface area contributed by atoms with Crippen LogP contribution in [-0.4, -0.2) is 38.4 Å². The Labute approximate surface area is 275 Å². The lowest BCUT2D eigenvalue weighted by atomic mass is 9.76. The standard InChI is InChI=1S/C39H39NO5S/c1-42-35-24-21-30(37(26-35)43-2)27-44-38(41)36(25-29-19-22-34(23-20-29)45-28-46-3)40-39(31-13-7-4-8-14-31,32-15-9-5-10-16-32)33-17-11-6-12-18-33/h4-24,26,36,40H,25,27-28H2,1-3H3/t36-/m1/s1. The average Bonchev–Trinajstić information content (AvgIpc) is 3.13. The second kappa shape index (κ2) is 16.0. The minimum Gasteiger partial charge on any atom is -0.497 e. The van der Waals surface area contributed by atoms with Crippen molar-refractivity contribution in [3.63, 3.8) is 0 Å². The molecule has 1 N–H and O–H groups in total. The summed E-state index contributed by atoms with van der Waals surface area (Å²) in [5, 5.41) is 3.84. The summed E-state index contributed by atoms with van der Waals surface area (Å²) in [6.07, 6.45) is 2.38.